The summed E-state index contributed by atoms with van der Waals surface area (Å²) in [6.45, 7) is 2.11. The van der Waals surface area contributed by atoms with Crippen LogP contribution in [-0.4, -0.2) is 23.9 Å². The second-order valence-electron chi connectivity index (χ2n) is 6.20. The van der Waals surface area contributed by atoms with Crippen LogP contribution in [0.25, 0.3) is 10.6 Å². The van der Waals surface area contributed by atoms with Crippen molar-refractivity contribution in [3.05, 3.63) is 64.7 Å². The number of carbonyl (C=O) groups excluding carboxylic acids is 2. The molecule has 0 aliphatic heterocycles. The predicted molar refractivity (Wildman–Crippen MR) is 111 cm³/mol. The highest BCUT2D eigenvalue weighted by Crippen LogP contribution is 2.27. The van der Waals surface area contributed by atoms with Crippen LogP contribution in [0.15, 0.2) is 47.8 Å². The van der Waals surface area contributed by atoms with Gasteiger partial charge in [0.25, 0.3) is 0 Å². The number of benzene rings is 2. The lowest BCUT2D eigenvalue weighted by Gasteiger charge is -2.10. The lowest BCUT2D eigenvalue weighted by atomic mass is 10.1. The first kappa shape index (κ1) is 19.6. The molecule has 0 radical (unpaired) electrons. The van der Waals surface area contributed by atoms with E-state index in [2.05, 4.69) is 29.4 Å². The van der Waals surface area contributed by atoms with Gasteiger partial charge in [-0.25, -0.2) is 4.98 Å². The van der Waals surface area contributed by atoms with E-state index in [0.29, 0.717) is 22.7 Å². The van der Waals surface area contributed by atoms with Crippen LogP contribution in [0.4, 0.5) is 5.69 Å². The number of aromatic nitrogens is 1. The zero-order valence-electron chi connectivity index (χ0n) is 15.7. The first-order valence-corrected chi connectivity index (χ1v) is 9.69. The molecule has 28 heavy (non-hydrogen) atoms. The van der Waals surface area contributed by atoms with Crippen LogP contribution < -0.4 is 15.8 Å². The van der Waals surface area contributed by atoms with Crippen LogP contribution in [0.5, 0.6) is 5.75 Å². The van der Waals surface area contributed by atoms with E-state index in [-0.39, 0.29) is 12.3 Å². The number of aryl methyl sites for hydroxylation is 1. The average molecular weight is 395 g/mol. The minimum Gasteiger partial charge on any atom is -0.495 e. The number of primary amides is 1. The van der Waals surface area contributed by atoms with Gasteiger partial charge >= 0.3 is 0 Å². The molecule has 2 amide bonds. The molecular formula is C21H21N3O3S. The molecular weight excluding hydrogens is 374 g/mol. The Morgan fingerprint density at radius 3 is 2.57 bits per heavy atom. The SMILES string of the molecule is CCc1ccc(-c2nc(CC(=O)Nc3cc(C(N)=O)ccc3OC)cs2)cc1. The van der Waals surface area contributed by atoms with E-state index >= 15 is 0 Å². The summed E-state index contributed by atoms with van der Waals surface area (Å²) in [5, 5.41) is 5.51. The highest BCUT2D eigenvalue weighted by Gasteiger charge is 2.13. The van der Waals surface area contributed by atoms with E-state index in [1.807, 2.05) is 17.5 Å². The summed E-state index contributed by atoms with van der Waals surface area (Å²) < 4.78 is 5.23. The van der Waals surface area contributed by atoms with Crippen molar-refractivity contribution in [3.63, 3.8) is 0 Å². The lowest BCUT2D eigenvalue weighted by Crippen LogP contribution is -2.17. The first-order chi connectivity index (χ1) is 13.5. The van der Waals surface area contributed by atoms with Crippen LogP contribution in [0.1, 0.15) is 28.5 Å². The number of ether oxygens (including phenoxy) is 1. The van der Waals surface area contributed by atoms with Gasteiger partial charge in [0, 0.05) is 16.5 Å². The molecule has 1 aromatic heterocycles. The van der Waals surface area contributed by atoms with Gasteiger partial charge in [-0.3, -0.25) is 9.59 Å². The third kappa shape index (κ3) is 4.55. The number of thiazole rings is 1. The maximum absolute atomic E-state index is 12.4. The summed E-state index contributed by atoms with van der Waals surface area (Å²) in [5.41, 5.74) is 8.98. The Balaban J connectivity index is 1.71. The number of nitrogens with two attached hydrogens (primary N) is 1. The topological polar surface area (TPSA) is 94.3 Å². The summed E-state index contributed by atoms with van der Waals surface area (Å²) in [6, 6.07) is 12.9. The number of amides is 2. The van der Waals surface area contributed by atoms with E-state index in [1.165, 1.54) is 30.1 Å². The summed E-state index contributed by atoms with van der Waals surface area (Å²) in [6.07, 6.45) is 1.11. The zero-order valence-corrected chi connectivity index (χ0v) is 16.5. The molecule has 0 aliphatic rings. The van der Waals surface area contributed by atoms with Crippen LogP contribution in [0.3, 0.4) is 0 Å². The Hall–Kier alpha value is -3.19. The van der Waals surface area contributed by atoms with Gasteiger partial charge in [-0.15, -0.1) is 11.3 Å². The monoisotopic (exact) mass is 395 g/mol. The summed E-state index contributed by atoms with van der Waals surface area (Å²) in [7, 11) is 1.49. The fourth-order valence-corrected chi connectivity index (χ4v) is 3.55. The summed E-state index contributed by atoms with van der Waals surface area (Å²) >= 11 is 1.50. The van der Waals surface area contributed by atoms with Crippen molar-refractivity contribution in [2.45, 2.75) is 19.8 Å². The van der Waals surface area contributed by atoms with Crippen molar-refractivity contribution in [1.29, 1.82) is 0 Å². The fourth-order valence-electron chi connectivity index (χ4n) is 2.72. The van der Waals surface area contributed by atoms with Gasteiger partial charge in [0.1, 0.15) is 10.8 Å². The van der Waals surface area contributed by atoms with Crippen molar-refractivity contribution >= 4 is 28.8 Å². The van der Waals surface area contributed by atoms with Gasteiger partial charge in [-0.1, -0.05) is 31.2 Å². The maximum Gasteiger partial charge on any atom is 0.248 e. The van der Waals surface area contributed by atoms with Gasteiger partial charge < -0.3 is 15.8 Å². The van der Waals surface area contributed by atoms with Crippen molar-refractivity contribution in [2.75, 3.05) is 12.4 Å². The first-order valence-electron chi connectivity index (χ1n) is 8.81. The molecule has 0 saturated carbocycles. The van der Waals surface area contributed by atoms with E-state index in [9.17, 15) is 9.59 Å². The molecule has 3 rings (SSSR count). The Kier molecular flexibility index (Phi) is 6.06. The van der Waals surface area contributed by atoms with Crippen LogP contribution in [-0.2, 0) is 17.6 Å². The summed E-state index contributed by atoms with van der Waals surface area (Å²) in [5.74, 6) is -0.372. The molecule has 1 heterocycles. The largest absolute Gasteiger partial charge is 0.495 e. The zero-order chi connectivity index (χ0) is 20.1. The number of hydrogen-bond donors (Lipinski definition) is 2. The molecule has 0 atom stereocenters. The standard InChI is InChI=1S/C21H21N3O3S/c1-3-13-4-6-14(7-5-13)21-23-16(12-28-21)11-19(25)24-17-10-15(20(22)26)8-9-18(17)27-2/h4-10,12H,3,11H2,1-2H3,(H2,22,26)(H,24,25). The number of methoxy groups -OCH3 is 1. The Morgan fingerprint density at radius 2 is 1.93 bits per heavy atom. The molecule has 0 unspecified atom stereocenters. The number of nitrogens with one attached hydrogen (secondary N) is 1. The molecule has 0 bridgehead atoms. The molecule has 0 spiro atoms. The fraction of sp³-hybridized carbons (Fsp3) is 0.190. The molecule has 3 aromatic rings. The van der Waals surface area contributed by atoms with E-state index < -0.39 is 5.91 Å². The minimum absolute atomic E-state index is 0.119. The molecule has 6 nitrogen and oxygen atoms in total. The predicted octanol–water partition coefficient (Wildman–Crippen LogP) is 3.66. The van der Waals surface area contributed by atoms with E-state index in [4.69, 9.17) is 10.5 Å². The second-order valence-corrected chi connectivity index (χ2v) is 7.06. The highest BCUT2D eigenvalue weighted by atomic mass is 32.1. The average Bonchev–Trinajstić information content (AvgIpc) is 3.16. The molecule has 3 N–H and O–H groups in total. The normalized spacial score (nSPS) is 10.5. The third-order valence-corrected chi connectivity index (χ3v) is 5.20. The third-order valence-electron chi connectivity index (χ3n) is 4.26. The lowest BCUT2D eigenvalue weighted by molar-refractivity contribution is -0.115. The molecule has 7 heteroatoms. The van der Waals surface area contributed by atoms with Gasteiger partial charge in [0.05, 0.1) is 24.9 Å². The Bertz CT molecular complexity index is 996. The Morgan fingerprint density at radius 1 is 1.18 bits per heavy atom. The minimum atomic E-state index is -0.573. The smallest absolute Gasteiger partial charge is 0.248 e. The Labute approximate surface area is 167 Å². The maximum atomic E-state index is 12.4. The highest BCUT2D eigenvalue weighted by molar-refractivity contribution is 7.13. The molecule has 0 aliphatic carbocycles. The van der Waals surface area contributed by atoms with Crippen molar-refractivity contribution in [1.82, 2.24) is 4.98 Å². The number of rotatable bonds is 7. The number of carbonyl (C=O) groups is 2. The van der Waals surface area contributed by atoms with Crippen LogP contribution in [0, 0.1) is 0 Å². The van der Waals surface area contributed by atoms with E-state index in [0.717, 1.165) is 17.0 Å². The van der Waals surface area contributed by atoms with Crippen LogP contribution in [0.2, 0.25) is 0 Å². The van der Waals surface area contributed by atoms with Gasteiger partial charge in [-0.2, -0.15) is 0 Å². The number of nitrogens with zero attached hydrogens (tertiary/aromatic N) is 1. The van der Waals surface area contributed by atoms with Gasteiger partial charge in [0.15, 0.2) is 0 Å². The van der Waals surface area contributed by atoms with Crippen LogP contribution >= 0.6 is 11.3 Å². The van der Waals surface area contributed by atoms with Crippen molar-refractivity contribution < 1.29 is 14.3 Å². The molecule has 2 aromatic carbocycles. The molecule has 144 valence electrons. The van der Waals surface area contributed by atoms with Crippen molar-refractivity contribution in [2.24, 2.45) is 5.73 Å². The van der Waals surface area contributed by atoms with Gasteiger partial charge in [0.2, 0.25) is 11.8 Å². The number of anilines is 1. The number of hydrogen-bond acceptors (Lipinski definition) is 5. The quantitative estimate of drug-likeness (QED) is 0.638. The van der Waals surface area contributed by atoms with Crippen molar-refractivity contribution in [3.8, 4) is 16.3 Å². The molecule has 0 fully saturated rings. The van der Waals surface area contributed by atoms with E-state index in [1.54, 1.807) is 12.1 Å². The van der Waals surface area contributed by atoms with Gasteiger partial charge in [-0.05, 0) is 30.2 Å². The molecule has 0 saturated heterocycles. The second kappa shape index (κ2) is 8.67. The summed E-state index contributed by atoms with van der Waals surface area (Å²) in [4.78, 5) is 28.4.